The Balaban J connectivity index is 2.52. The van der Waals surface area contributed by atoms with Crippen molar-refractivity contribution in [1.29, 1.82) is 0 Å². The quantitative estimate of drug-likeness (QED) is 0.687. The molecule has 1 atom stereocenters. The Morgan fingerprint density at radius 2 is 2.00 bits per heavy atom. The molecule has 0 bridgehead atoms. The predicted molar refractivity (Wildman–Crippen MR) is 74.9 cm³/mol. The summed E-state index contributed by atoms with van der Waals surface area (Å²) in [6, 6.07) is 1.74. The van der Waals surface area contributed by atoms with E-state index in [2.05, 4.69) is 30.8 Å². The molecular weight excluding hydrogens is 226 g/mol. The SMILES string of the molecule is CN1CCCC(N)(c2ncc(N)cc2N)C1(C)C. The van der Waals surface area contributed by atoms with Gasteiger partial charge in [-0.25, -0.2) is 0 Å². The van der Waals surface area contributed by atoms with E-state index >= 15 is 0 Å². The number of likely N-dealkylation sites (tertiary alicyclic amines) is 1. The number of hydrogen-bond donors (Lipinski definition) is 3. The normalized spacial score (nSPS) is 28.2. The molecule has 0 radical (unpaired) electrons. The Kier molecular flexibility index (Phi) is 2.99. The lowest BCUT2D eigenvalue weighted by Gasteiger charge is -2.53. The van der Waals surface area contributed by atoms with Crippen LogP contribution in [0, 0.1) is 0 Å². The highest BCUT2D eigenvalue weighted by atomic mass is 15.2. The Morgan fingerprint density at radius 1 is 1.33 bits per heavy atom. The molecule has 1 fully saturated rings. The molecule has 6 N–H and O–H groups in total. The number of nitrogens with zero attached hydrogens (tertiary/aromatic N) is 2. The van der Waals surface area contributed by atoms with Crippen molar-refractivity contribution >= 4 is 11.4 Å². The Bertz CT molecular complexity index is 457. The van der Waals surface area contributed by atoms with Crippen LogP contribution in [0.15, 0.2) is 12.3 Å². The van der Waals surface area contributed by atoms with Gasteiger partial charge in [-0.3, -0.25) is 9.88 Å². The van der Waals surface area contributed by atoms with E-state index < -0.39 is 5.54 Å². The van der Waals surface area contributed by atoms with Crippen molar-refractivity contribution in [3.05, 3.63) is 18.0 Å². The van der Waals surface area contributed by atoms with E-state index in [1.54, 1.807) is 12.3 Å². The molecule has 1 aromatic heterocycles. The molecule has 1 aliphatic rings. The van der Waals surface area contributed by atoms with E-state index in [0.29, 0.717) is 11.4 Å². The number of anilines is 2. The van der Waals surface area contributed by atoms with Crippen LogP contribution < -0.4 is 17.2 Å². The predicted octanol–water partition coefficient (Wildman–Crippen LogP) is 0.904. The third-order valence-corrected chi connectivity index (χ3v) is 4.47. The molecule has 2 rings (SSSR count). The standard InChI is InChI=1S/C13H23N5/c1-12(2)13(16,5-4-6-18(12)3)11-10(15)7-9(14)8-17-11/h7-8H,4-6,14-16H2,1-3H3. The van der Waals surface area contributed by atoms with Crippen LogP contribution >= 0.6 is 0 Å². The minimum Gasteiger partial charge on any atom is -0.397 e. The van der Waals surface area contributed by atoms with Crippen LogP contribution in [0.1, 0.15) is 32.4 Å². The van der Waals surface area contributed by atoms with Gasteiger partial charge in [-0.05, 0) is 46.3 Å². The molecule has 1 aromatic rings. The zero-order valence-electron chi connectivity index (χ0n) is 11.4. The van der Waals surface area contributed by atoms with Gasteiger partial charge in [0, 0.05) is 5.54 Å². The summed E-state index contributed by atoms with van der Waals surface area (Å²) in [6.07, 6.45) is 3.55. The molecule has 1 saturated heterocycles. The third-order valence-electron chi connectivity index (χ3n) is 4.47. The minimum atomic E-state index is -0.544. The first kappa shape index (κ1) is 13.1. The van der Waals surface area contributed by atoms with Crippen molar-refractivity contribution in [2.24, 2.45) is 5.73 Å². The molecule has 0 saturated carbocycles. The van der Waals surface area contributed by atoms with E-state index in [1.807, 2.05) is 0 Å². The van der Waals surface area contributed by atoms with Crippen molar-refractivity contribution in [2.45, 2.75) is 37.8 Å². The van der Waals surface area contributed by atoms with Crippen LogP contribution in [0.4, 0.5) is 11.4 Å². The van der Waals surface area contributed by atoms with Crippen LogP contribution in [0.5, 0.6) is 0 Å². The molecule has 5 nitrogen and oxygen atoms in total. The average Bonchev–Trinajstić information content (AvgIpc) is 2.26. The highest BCUT2D eigenvalue weighted by Crippen LogP contribution is 2.42. The maximum absolute atomic E-state index is 6.67. The molecule has 2 heterocycles. The van der Waals surface area contributed by atoms with Gasteiger partial charge in [-0.2, -0.15) is 0 Å². The number of nitrogen functional groups attached to an aromatic ring is 2. The van der Waals surface area contributed by atoms with Crippen LogP contribution in [0.25, 0.3) is 0 Å². The van der Waals surface area contributed by atoms with Crippen LogP contribution in [0.3, 0.4) is 0 Å². The Labute approximate surface area is 108 Å². The molecular formula is C13H23N5. The highest BCUT2D eigenvalue weighted by Gasteiger charge is 2.49. The maximum Gasteiger partial charge on any atom is 0.0851 e. The molecule has 0 amide bonds. The van der Waals surface area contributed by atoms with E-state index in [1.165, 1.54) is 0 Å². The number of piperidine rings is 1. The maximum atomic E-state index is 6.67. The highest BCUT2D eigenvalue weighted by molar-refractivity contribution is 5.55. The van der Waals surface area contributed by atoms with E-state index in [4.69, 9.17) is 17.2 Å². The van der Waals surface area contributed by atoms with Crippen molar-refractivity contribution < 1.29 is 0 Å². The molecule has 1 unspecified atom stereocenters. The van der Waals surface area contributed by atoms with E-state index in [0.717, 1.165) is 25.1 Å². The lowest BCUT2D eigenvalue weighted by Crippen LogP contribution is -2.65. The monoisotopic (exact) mass is 249 g/mol. The number of aromatic nitrogens is 1. The molecule has 18 heavy (non-hydrogen) atoms. The third kappa shape index (κ3) is 1.74. The second-order valence-corrected chi connectivity index (χ2v) is 5.76. The molecule has 0 aromatic carbocycles. The fourth-order valence-electron chi connectivity index (χ4n) is 2.80. The van der Waals surface area contributed by atoms with Gasteiger partial charge in [0.1, 0.15) is 0 Å². The van der Waals surface area contributed by atoms with Crippen molar-refractivity contribution in [3.8, 4) is 0 Å². The summed E-state index contributed by atoms with van der Waals surface area (Å²) in [5, 5.41) is 0. The van der Waals surface area contributed by atoms with Gasteiger partial charge in [-0.15, -0.1) is 0 Å². The summed E-state index contributed by atoms with van der Waals surface area (Å²) >= 11 is 0. The van der Waals surface area contributed by atoms with Gasteiger partial charge >= 0.3 is 0 Å². The number of rotatable bonds is 1. The van der Waals surface area contributed by atoms with Crippen molar-refractivity contribution in [1.82, 2.24) is 9.88 Å². The number of likely N-dealkylation sites (N-methyl/N-ethyl adjacent to an activating group) is 1. The second-order valence-electron chi connectivity index (χ2n) is 5.76. The molecule has 5 heteroatoms. The first-order valence-electron chi connectivity index (χ1n) is 6.30. The molecule has 0 aliphatic carbocycles. The van der Waals surface area contributed by atoms with Gasteiger partial charge in [-0.1, -0.05) is 0 Å². The Morgan fingerprint density at radius 3 is 2.61 bits per heavy atom. The van der Waals surface area contributed by atoms with Crippen molar-refractivity contribution in [2.75, 3.05) is 25.1 Å². The smallest absolute Gasteiger partial charge is 0.0851 e. The van der Waals surface area contributed by atoms with Crippen LogP contribution in [0.2, 0.25) is 0 Å². The zero-order valence-corrected chi connectivity index (χ0v) is 11.4. The summed E-state index contributed by atoms with van der Waals surface area (Å²) in [5.74, 6) is 0. The number of hydrogen-bond acceptors (Lipinski definition) is 5. The van der Waals surface area contributed by atoms with Gasteiger partial charge in [0.25, 0.3) is 0 Å². The lowest BCUT2D eigenvalue weighted by atomic mass is 9.70. The summed E-state index contributed by atoms with van der Waals surface area (Å²) in [7, 11) is 2.09. The summed E-state index contributed by atoms with van der Waals surface area (Å²) in [6.45, 7) is 5.33. The van der Waals surface area contributed by atoms with Crippen LogP contribution in [-0.4, -0.2) is 29.0 Å². The van der Waals surface area contributed by atoms with E-state index in [9.17, 15) is 0 Å². The summed E-state index contributed by atoms with van der Waals surface area (Å²) in [5.41, 5.74) is 19.6. The Hall–Kier alpha value is -1.33. The van der Waals surface area contributed by atoms with Crippen molar-refractivity contribution in [3.63, 3.8) is 0 Å². The molecule has 1 aliphatic heterocycles. The largest absolute Gasteiger partial charge is 0.397 e. The van der Waals surface area contributed by atoms with E-state index in [-0.39, 0.29) is 5.54 Å². The summed E-state index contributed by atoms with van der Waals surface area (Å²) < 4.78 is 0. The van der Waals surface area contributed by atoms with Crippen LogP contribution in [-0.2, 0) is 5.54 Å². The average molecular weight is 249 g/mol. The number of pyridine rings is 1. The van der Waals surface area contributed by atoms with Gasteiger partial charge < -0.3 is 17.2 Å². The molecule has 0 spiro atoms. The zero-order chi connectivity index (χ0) is 13.6. The number of nitrogens with two attached hydrogens (primary N) is 3. The minimum absolute atomic E-state index is 0.192. The fourth-order valence-corrected chi connectivity index (χ4v) is 2.80. The summed E-state index contributed by atoms with van der Waals surface area (Å²) in [4.78, 5) is 6.67. The first-order chi connectivity index (χ1) is 8.29. The van der Waals surface area contributed by atoms with Gasteiger partial charge in [0.2, 0.25) is 0 Å². The fraction of sp³-hybridized carbons (Fsp3) is 0.615. The second kappa shape index (κ2) is 4.10. The first-order valence-corrected chi connectivity index (χ1v) is 6.30. The van der Waals surface area contributed by atoms with Gasteiger partial charge in [0.15, 0.2) is 0 Å². The van der Waals surface area contributed by atoms with Gasteiger partial charge in [0.05, 0.1) is 28.8 Å². The molecule has 100 valence electrons. The topological polar surface area (TPSA) is 94.2 Å². The lowest BCUT2D eigenvalue weighted by molar-refractivity contribution is 0.0180.